The molecule has 0 aliphatic carbocycles. The van der Waals surface area contributed by atoms with Gasteiger partial charge in [0.1, 0.15) is 0 Å². The van der Waals surface area contributed by atoms with Crippen molar-refractivity contribution in [2.24, 2.45) is 0 Å². The third kappa shape index (κ3) is 4.39. The zero-order chi connectivity index (χ0) is 16.1. The molecule has 1 amide bonds. The third-order valence-corrected chi connectivity index (χ3v) is 5.20. The van der Waals surface area contributed by atoms with E-state index in [4.69, 9.17) is 4.74 Å². The number of amides is 1. The van der Waals surface area contributed by atoms with Gasteiger partial charge in [-0.15, -0.1) is 11.3 Å². The quantitative estimate of drug-likeness (QED) is 0.846. The molecule has 1 aromatic heterocycles. The van der Waals surface area contributed by atoms with E-state index in [2.05, 4.69) is 17.1 Å². The Kier molecular flexibility index (Phi) is 5.41. The Hall–Kier alpha value is -1.72. The Labute approximate surface area is 141 Å². The summed E-state index contributed by atoms with van der Waals surface area (Å²) in [6.07, 6.45) is 2.30. The number of hydrogen-bond donors (Lipinski definition) is 0. The first kappa shape index (κ1) is 16.1. The van der Waals surface area contributed by atoms with E-state index in [0.717, 1.165) is 18.5 Å². The summed E-state index contributed by atoms with van der Waals surface area (Å²) in [5.74, 6) is 0.221. The highest BCUT2D eigenvalue weighted by molar-refractivity contribution is 7.09. The minimum Gasteiger partial charge on any atom is -0.374 e. The van der Waals surface area contributed by atoms with Crippen molar-refractivity contribution in [2.45, 2.75) is 32.3 Å². The van der Waals surface area contributed by atoms with Crippen LogP contribution in [-0.4, -0.2) is 41.6 Å². The molecule has 5 heteroatoms. The normalized spacial score (nSPS) is 18.1. The molecule has 3 rings (SSSR count). The minimum absolute atomic E-state index is 0.0974. The predicted molar refractivity (Wildman–Crippen MR) is 91.6 cm³/mol. The lowest BCUT2D eigenvalue weighted by atomic mass is 10.1. The largest absolute Gasteiger partial charge is 0.374 e. The molecular formula is C18H22N2O2S. The fourth-order valence-corrected chi connectivity index (χ4v) is 3.67. The number of rotatable bonds is 5. The number of thiazole rings is 1. The zero-order valence-corrected chi connectivity index (χ0v) is 14.2. The summed E-state index contributed by atoms with van der Waals surface area (Å²) in [6, 6.07) is 10.3. The molecule has 4 nitrogen and oxygen atoms in total. The van der Waals surface area contributed by atoms with Gasteiger partial charge in [0, 0.05) is 30.8 Å². The van der Waals surface area contributed by atoms with E-state index in [1.807, 2.05) is 35.5 Å². The number of aromatic nitrogens is 1. The number of carbonyl (C=O) groups is 1. The number of nitrogens with zero attached hydrogens (tertiary/aromatic N) is 2. The van der Waals surface area contributed by atoms with Gasteiger partial charge in [0.15, 0.2) is 0 Å². The molecule has 1 fully saturated rings. The molecular weight excluding hydrogens is 308 g/mol. The van der Waals surface area contributed by atoms with Crippen molar-refractivity contribution in [3.05, 3.63) is 52.0 Å². The molecule has 1 saturated heterocycles. The molecule has 0 unspecified atom stereocenters. The van der Waals surface area contributed by atoms with E-state index in [-0.39, 0.29) is 12.0 Å². The Morgan fingerprint density at radius 3 is 2.96 bits per heavy atom. The molecule has 23 heavy (non-hydrogen) atoms. The van der Waals surface area contributed by atoms with Crippen LogP contribution in [0.5, 0.6) is 0 Å². The Balaban J connectivity index is 1.51. The van der Waals surface area contributed by atoms with Crippen LogP contribution in [0.15, 0.2) is 35.8 Å². The van der Waals surface area contributed by atoms with Gasteiger partial charge in [0.2, 0.25) is 5.91 Å². The first-order valence-electron chi connectivity index (χ1n) is 8.04. The fraction of sp³-hybridized carbons (Fsp3) is 0.444. The molecule has 2 heterocycles. The Morgan fingerprint density at radius 2 is 2.22 bits per heavy atom. The molecule has 1 aromatic carbocycles. The van der Waals surface area contributed by atoms with E-state index >= 15 is 0 Å². The lowest BCUT2D eigenvalue weighted by Crippen LogP contribution is -2.46. The van der Waals surface area contributed by atoms with Crippen molar-refractivity contribution < 1.29 is 9.53 Å². The van der Waals surface area contributed by atoms with E-state index in [1.54, 1.807) is 11.3 Å². The molecule has 122 valence electrons. The van der Waals surface area contributed by atoms with E-state index in [9.17, 15) is 4.79 Å². The number of hydrogen-bond acceptors (Lipinski definition) is 4. The molecule has 0 bridgehead atoms. The van der Waals surface area contributed by atoms with Crippen LogP contribution >= 0.6 is 11.3 Å². The topological polar surface area (TPSA) is 42.4 Å². The van der Waals surface area contributed by atoms with Crippen molar-refractivity contribution in [3.63, 3.8) is 0 Å². The van der Waals surface area contributed by atoms with Crippen molar-refractivity contribution in [1.82, 2.24) is 9.88 Å². The first-order valence-corrected chi connectivity index (χ1v) is 8.92. The average molecular weight is 330 g/mol. The summed E-state index contributed by atoms with van der Waals surface area (Å²) in [5.41, 5.74) is 4.15. The minimum atomic E-state index is 0.0974. The summed E-state index contributed by atoms with van der Waals surface area (Å²) in [4.78, 5) is 19.9. The van der Waals surface area contributed by atoms with Gasteiger partial charge in [0.25, 0.3) is 0 Å². The van der Waals surface area contributed by atoms with Gasteiger partial charge < -0.3 is 9.64 Å². The van der Waals surface area contributed by atoms with Crippen LogP contribution in [0.3, 0.4) is 0 Å². The summed E-state index contributed by atoms with van der Waals surface area (Å²) in [6.45, 7) is 4.02. The van der Waals surface area contributed by atoms with Crippen LogP contribution in [-0.2, 0) is 22.4 Å². The molecule has 0 radical (unpaired) electrons. The molecule has 1 aliphatic heterocycles. The van der Waals surface area contributed by atoms with Crippen LogP contribution in [0.4, 0.5) is 0 Å². The molecule has 1 aliphatic rings. The monoisotopic (exact) mass is 330 g/mol. The Bertz CT molecular complexity index is 641. The molecule has 2 aromatic rings. The highest BCUT2D eigenvalue weighted by Gasteiger charge is 2.24. The van der Waals surface area contributed by atoms with Crippen LogP contribution in [0.2, 0.25) is 0 Å². The van der Waals surface area contributed by atoms with Crippen molar-refractivity contribution in [1.29, 1.82) is 0 Å². The summed E-state index contributed by atoms with van der Waals surface area (Å²) in [7, 11) is 0. The number of carbonyl (C=O) groups excluding carboxylic acids is 1. The summed E-state index contributed by atoms with van der Waals surface area (Å²) >= 11 is 1.63. The lowest BCUT2D eigenvalue weighted by molar-refractivity contribution is -0.138. The Morgan fingerprint density at radius 1 is 1.39 bits per heavy atom. The summed E-state index contributed by atoms with van der Waals surface area (Å²) in [5, 5.41) is 0. The van der Waals surface area contributed by atoms with Crippen LogP contribution < -0.4 is 0 Å². The first-order chi connectivity index (χ1) is 11.2. The SMILES string of the molecule is Cc1ncsc1CCC(=O)N1CCO[C@@H](Cc2ccccc2)C1. The standard InChI is InChI=1S/C18H22N2O2S/c1-14-17(23-13-19-14)7-8-18(21)20-9-10-22-16(12-20)11-15-5-3-2-4-6-15/h2-6,13,16H,7-12H2,1H3/t16-/m0/s1. The van der Waals surface area contributed by atoms with Gasteiger partial charge in [-0.1, -0.05) is 30.3 Å². The average Bonchev–Trinajstić information content (AvgIpc) is 2.99. The fourth-order valence-electron chi connectivity index (χ4n) is 2.89. The van der Waals surface area contributed by atoms with Crippen LogP contribution in [0.25, 0.3) is 0 Å². The van der Waals surface area contributed by atoms with Gasteiger partial charge in [-0.25, -0.2) is 4.98 Å². The number of ether oxygens (including phenoxy) is 1. The number of benzene rings is 1. The van der Waals surface area contributed by atoms with Crippen molar-refractivity contribution in [2.75, 3.05) is 19.7 Å². The van der Waals surface area contributed by atoms with Gasteiger partial charge >= 0.3 is 0 Å². The van der Waals surface area contributed by atoms with E-state index < -0.39 is 0 Å². The molecule has 0 saturated carbocycles. The molecule has 1 atom stereocenters. The van der Waals surface area contributed by atoms with E-state index in [0.29, 0.717) is 26.1 Å². The predicted octanol–water partition coefficient (Wildman–Crippen LogP) is 2.85. The van der Waals surface area contributed by atoms with Crippen LogP contribution in [0.1, 0.15) is 22.6 Å². The number of morpholine rings is 1. The maximum Gasteiger partial charge on any atom is 0.223 e. The van der Waals surface area contributed by atoms with Crippen LogP contribution in [0, 0.1) is 6.92 Å². The van der Waals surface area contributed by atoms with Crippen molar-refractivity contribution >= 4 is 17.2 Å². The zero-order valence-electron chi connectivity index (χ0n) is 13.4. The van der Waals surface area contributed by atoms with E-state index in [1.165, 1.54) is 10.4 Å². The molecule has 0 spiro atoms. The second-order valence-corrected chi connectivity index (χ2v) is 6.82. The van der Waals surface area contributed by atoms with Gasteiger partial charge in [0.05, 0.1) is 23.9 Å². The second-order valence-electron chi connectivity index (χ2n) is 5.88. The maximum atomic E-state index is 12.5. The number of aryl methyl sites for hydroxylation is 2. The van der Waals surface area contributed by atoms with Gasteiger partial charge in [-0.3, -0.25) is 4.79 Å². The maximum absolute atomic E-state index is 12.5. The smallest absolute Gasteiger partial charge is 0.223 e. The summed E-state index contributed by atoms with van der Waals surface area (Å²) < 4.78 is 5.83. The highest BCUT2D eigenvalue weighted by atomic mass is 32.1. The lowest BCUT2D eigenvalue weighted by Gasteiger charge is -2.33. The second kappa shape index (κ2) is 7.70. The highest BCUT2D eigenvalue weighted by Crippen LogP contribution is 2.17. The third-order valence-electron chi connectivity index (χ3n) is 4.21. The van der Waals surface area contributed by atoms with Gasteiger partial charge in [-0.05, 0) is 18.9 Å². The molecule has 0 N–H and O–H groups in total. The van der Waals surface area contributed by atoms with Crippen molar-refractivity contribution in [3.8, 4) is 0 Å². The van der Waals surface area contributed by atoms with Gasteiger partial charge in [-0.2, -0.15) is 0 Å².